The van der Waals surface area contributed by atoms with Gasteiger partial charge in [0.1, 0.15) is 5.37 Å². The molecule has 0 saturated carbocycles. The Balaban J connectivity index is 1.35. The lowest BCUT2D eigenvalue weighted by atomic mass is 10.0. The van der Waals surface area contributed by atoms with Gasteiger partial charge in [-0.2, -0.15) is 0 Å². The molecule has 1 N–H and O–H groups in total. The fraction of sp³-hybridized carbons (Fsp3) is 0.0800. The van der Waals surface area contributed by atoms with Crippen molar-refractivity contribution in [3.8, 4) is 0 Å². The van der Waals surface area contributed by atoms with E-state index in [1.54, 1.807) is 66.5 Å². The van der Waals surface area contributed by atoms with E-state index in [2.05, 4.69) is 20.9 Å². The minimum atomic E-state index is -0.250. The topological polar surface area (TPSA) is 64.0 Å². The van der Waals surface area contributed by atoms with Crippen molar-refractivity contribution in [3.05, 3.63) is 118 Å². The van der Waals surface area contributed by atoms with Gasteiger partial charge in [-0.1, -0.05) is 29.8 Å². The number of aromatic nitrogens is 2. The minimum absolute atomic E-state index is 0.143. The number of nitrogens with zero attached hydrogens (tertiary/aromatic N) is 2. The molecule has 5 rings (SSSR count). The third kappa shape index (κ3) is 3.95. The molecule has 1 aliphatic rings. The van der Waals surface area contributed by atoms with Crippen LogP contribution in [-0.2, 0) is 5.75 Å². The average Bonchev–Trinajstić information content (AvgIpc) is 3.43. The van der Waals surface area contributed by atoms with E-state index in [1.165, 1.54) is 0 Å². The van der Waals surface area contributed by atoms with Gasteiger partial charge in [0.2, 0.25) is 0 Å². The Morgan fingerprint density at radius 2 is 1.81 bits per heavy atom. The zero-order valence-corrected chi connectivity index (χ0v) is 18.4. The van der Waals surface area contributed by atoms with Crippen LogP contribution in [0.25, 0.3) is 0 Å². The van der Waals surface area contributed by atoms with Gasteiger partial charge in [0, 0.05) is 51.6 Å². The average molecular weight is 460 g/mol. The third-order valence-corrected chi connectivity index (χ3v) is 6.87. The smallest absolute Gasteiger partial charge is 0.255 e. The van der Waals surface area contributed by atoms with Crippen LogP contribution >= 0.6 is 23.4 Å². The summed E-state index contributed by atoms with van der Waals surface area (Å²) >= 11 is 7.70. The molecule has 5 nitrogen and oxygen atoms in total. The zero-order valence-electron chi connectivity index (χ0n) is 16.9. The molecule has 7 heteroatoms. The molecule has 3 heterocycles. The van der Waals surface area contributed by atoms with E-state index in [-0.39, 0.29) is 17.1 Å². The Kier molecular flexibility index (Phi) is 5.55. The fourth-order valence-corrected chi connectivity index (χ4v) is 5.18. The number of anilines is 1. The third-order valence-electron chi connectivity index (χ3n) is 5.37. The van der Waals surface area contributed by atoms with Crippen LogP contribution in [0.5, 0.6) is 0 Å². The van der Waals surface area contributed by atoms with Gasteiger partial charge in [-0.15, -0.1) is 11.8 Å². The molecule has 158 valence electrons. The van der Waals surface area contributed by atoms with Gasteiger partial charge in [0.15, 0.2) is 5.78 Å². The highest BCUT2D eigenvalue weighted by Crippen LogP contribution is 2.43. The number of carbonyl (C=O) groups excluding carboxylic acids is 2. The van der Waals surface area contributed by atoms with Crippen LogP contribution in [0.15, 0.2) is 85.3 Å². The summed E-state index contributed by atoms with van der Waals surface area (Å²) < 4.78 is 2.16. The first-order valence-corrected chi connectivity index (χ1v) is 11.5. The van der Waals surface area contributed by atoms with E-state index in [1.807, 2.05) is 24.5 Å². The van der Waals surface area contributed by atoms with Gasteiger partial charge in [0.05, 0.1) is 11.4 Å². The molecule has 1 amide bonds. The molecule has 0 bridgehead atoms. The van der Waals surface area contributed by atoms with Crippen molar-refractivity contribution < 1.29 is 9.59 Å². The van der Waals surface area contributed by atoms with Crippen LogP contribution in [-0.4, -0.2) is 21.2 Å². The van der Waals surface area contributed by atoms with E-state index in [4.69, 9.17) is 11.6 Å². The molecule has 1 atom stereocenters. The van der Waals surface area contributed by atoms with Crippen LogP contribution in [0, 0.1) is 0 Å². The van der Waals surface area contributed by atoms with Crippen LogP contribution in [0.1, 0.15) is 42.9 Å². The quantitative estimate of drug-likeness (QED) is 0.382. The van der Waals surface area contributed by atoms with Crippen molar-refractivity contribution >= 4 is 40.7 Å². The molecule has 0 aliphatic carbocycles. The molecule has 0 saturated heterocycles. The van der Waals surface area contributed by atoms with Crippen LogP contribution in [0.3, 0.4) is 0 Å². The number of hydrogen-bond acceptors (Lipinski definition) is 4. The number of halogens is 1. The molecule has 0 fully saturated rings. The molecular formula is C25H18ClN3O2S. The first-order valence-electron chi connectivity index (χ1n) is 10.0. The summed E-state index contributed by atoms with van der Waals surface area (Å²) in [6, 6.07) is 19.4. The Morgan fingerprint density at radius 1 is 1.00 bits per heavy atom. The molecule has 4 aromatic rings. The number of fused-ring (bicyclic) bond motifs is 1. The number of ketones is 1. The van der Waals surface area contributed by atoms with Crippen molar-refractivity contribution in [2.45, 2.75) is 11.1 Å². The molecule has 0 radical (unpaired) electrons. The lowest BCUT2D eigenvalue weighted by Crippen LogP contribution is -2.14. The second kappa shape index (κ2) is 8.65. The number of rotatable bonds is 5. The number of carbonyl (C=O) groups is 2. The van der Waals surface area contributed by atoms with Crippen molar-refractivity contribution in [1.82, 2.24) is 9.55 Å². The maximum absolute atomic E-state index is 13.0. The first-order chi connectivity index (χ1) is 15.6. The maximum atomic E-state index is 13.0. The second-order valence-corrected chi connectivity index (χ2v) is 8.91. The summed E-state index contributed by atoms with van der Waals surface area (Å²) in [5, 5.41) is 3.72. The lowest BCUT2D eigenvalue weighted by molar-refractivity contribution is 0.102. The first kappa shape index (κ1) is 20.5. The SMILES string of the molecule is O=C(Nc1ccn2c1CSC2c1cccnc1)c1cccc(C(=O)c2ccc(Cl)cc2)c1. The molecule has 2 aromatic heterocycles. The molecular weight excluding hydrogens is 442 g/mol. The van der Waals surface area contributed by atoms with E-state index in [0.29, 0.717) is 21.7 Å². The van der Waals surface area contributed by atoms with Crippen molar-refractivity contribution in [2.75, 3.05) is 5.32 Å². The number of thioether (sulfide) groups is 1. The number of amides is 1. The molecule has 0 spiro atoms. The lowest BCUT2D eigenvalue weighted by Gasteiger charge is -2.12. The molecule has 1 unspecified atom stereocenters. The highest BCUT2D eigenvalue weighted by molar-refractivity contribution is 7.99. The van der Waals surface area contributed by atoms with E-state index in [9.17, 15) is 9.59 Å². The van der Waals surface area contributed by atoms with Crippen molar-refractivity contribution in [1.29, 1.82) is 0 Å². The van der Waals surface area contributed by atoms with E-state index >= 15 is 0 Å². The summed E-state index contributed by atoms with van der Waals surface area (Å²) in [6.45, 7) is 0. The minimum Gasteiger partial charge on any atom is -0.332 e. The van der Waals surface area contributed by atoms with Gasteiger partial charge >= 0.3 is 0 Å². The van der Waals surface area contributed by atoms with Crippen LogP contribution < -0.4 is 5.32 Å². The highest BCUT2D eigenvalue weighted by Gasteiger charge is 2.27. The Hall–Kier alpha value is -3.35. The van der Waals surface area contributed by atoms with Crippen LogP contribution in [0.2, 0.25) is 5.02 Å². The summed E-state index contributed by atoms with van der Waals surface area (Å²) in [5.74, 6) is 0.383. The Bertz CT molecular complexity index is 1300. The van der Waals surface area contributed by atoms with Gasteiger partial charge in [-0.05, 0) is 48.5 Å². The fourth-order valence-electron chi connectivity index (χ4n) is 3.75. The maximum Gasteiger partial charge on any atom is 0.255 e. The summed E-state index contributed by atoms with van der Waals surface area (Å²) in [4.78, 5) is 30.0. The summed E-state index contributed by atoms with van der Waals surface area (Å²) in [5.41, 5.74) is 4.37. The van der Waals surface area contributed by atoms with Crippen molar-refractivity contribution in [2.24, 2.45) is 0 Å². The highest BCUT2D eigenvalue weighted by atomic mass is 35.5. The Labute approximate surface area is 194 Å². The number of nitrogens with one attached hydrogen (secondary N) is 1. The zero-order chi connectivity index (χ0) is 22.1. The molecule has 32 heavy (non-hydrogen) atoms. The predicted octanol–water partition coefficient (Wildman–Crippen LogP) is 5.81. The van der Waals surface area contributed by atoms with Gasteiger partial charge < -0.3 is 9.88 Å². The molecule has 2 aromatic carbocycles. The van der Waals surface area contributed by atoms with Crippen molar-refractivity contribution in [3.63, 3.8) is 0 Å². The van der Waals surface area contributed by atoms with Gasteiger partial charge in [0.25, 0.3) is 5.91 Å². The summed E-state index contributed by atoms with van der Waals surface area (Å²) in [6.07, 6.45) is 5.62. The standard InChI is InChI=1S/C25H18ClN3O2S/c26-20-8-6-16(7-9-20)23(30)17-3-1-4-18(13-17)24(31)28-21-10-12-29-22(21)15-32-25(29)19-5-2-11-27-14-19/h1-14,25H,15H2,(H,28,31). The number of pyridine rings is 1. The van der Waals surface area contributed by atoms with E-state index in [0.717, 1.165) is 22.7 Å². The second-order valence-electron chi connectivity index (χ2n) is 7.40. The summed E-state index contributed by atoms with van der Waals surface area (Å²) in [7, 11) is 0. The largest absolute Gasteiger partial charge is 0.332 e. The number of hydrogen-bond donors (Lipinski definition) is 1. The van der Waals surface area contributed by atoms with Gasteiger partial charge in [-0.3, -0.25) is 14.6 Å². The van der Waals surface area contributed by atoms with Gasteiger partial charge in [-0.25, -0.2) is 0 Å². The molecule has 1 aliphatic heterocycles. The van der Waals surface area contributed by atoms with E-state index < -0.39 is 0 Å². The van der Waals surface area contributed by atoms with Crippen LogP contribution in [0.4, 0.5) is 5.69 Å². The Morgan fingerprint density at radius 3 is 2.59 bits per heavy atom. The number of benzene rings is 2. The normalized spacial score (nSPS) is 14.7. The monoisotopic (exact) mass is 459 g/mol. The predicted molar refractivity (Wildman–Crippen MR) is 127 cm³/mol.